The largest absolute Gasteiger partial charge is 0.368 e. The van der Waals surface area contributed by atoms with Gasteiger partial charge in [0.05, 0.1) is 15.1 Å². The molecule has 0 radical (unpaired) electrons. The lowest BCUT2D eigenvalue weighted by molar-refractivity contribution is -0.117. The molecule has 106 heavy (non-hydrogen) atoms. The van der Waals surface area contributed by atoms with Crippen molar-refractivity contribution in [2.45, 2.75) is 33.9 Å². The smallest absolute Gasteiger partial charge is 0.262 e. The average molecular weight is 1580 g/mol. The van der Waals surface area contributed by atoms with Gasteiger partial charge in [-0.3, -0.25) is 29.3 Å². The minimum atomic E-state index is -3.77. The fraction of sp³-hybridized carbons (Fsp3) is 0.280. The summed E-state index contributed by atoms with van der Waals surface area (Å²) in [6.45, 7) is 12.0. The van der Waals surface area contributed by atoms with E-state index < -0.39 is 29.1 Å². The van der Waals surface area contributed by atoms with Gasteiger partial charge in [0.1, 0.15) is 14.7 Å². The monoisotopic (exact) mass is 1580 g/mol. The number of benzene rings is 6. The fourth-order valence-corrected chi connectivity index (χ4v) is 16.4. The molecule has 4 N–H and O–H groups in total. The second kappa shape index (κ2) is 39.5. The average Bonchev–Trinajstić information content (AvgIpc) is 0.816. The molecule has 3 aliphatic heterocycles. The molecule has 0 atom stereocenters. The van der Waals surface area contributed by atoms with Gasteiger partial charge >= 0.3 is 0 Å². The van der Waals surface area contributed by atoms with Crippen LogP contribution in [0.25, 0.3) is 0 Å². The zero-order valence-electron chi connectivity index (χ0n) is 58.8. The first-order valence-electron chi connectivity index (χ1n) is 34.1. The normalized spacial score (nSPS) is 14.0. The molecule has 0 spiro atoms. The van der Waals surface area contributed by atoms with Crippen LogP contribution in [0.5, 0.6) is 0 Å². The Bertz CT molecular complexity index is 4450. The highest BCUT2D eigenvalue weighted by Gasteiger charge is 2.27. The van der Waals surface area contributed by atoms with Crippen LogP contribution in [0.1, 0.15) is 19.3 Å². The number of anilines is 9. The predicted molar refractivity (Wildman–Crippen MR) is 426 cm³/mol. The number of rotatable bonds is 23. The number of carbonyl (C=O) groups excluding carboxylic acids is 3. The van der Waals surface area contributed by atoms with Crippen LogP contribution in [0.2, 0.25) is 15.1 Å². The Morgan fingerprint density at radius 3 is 0.830 bits per heavy atom. The van der Waals surface area contributed by atoms with Gasteiger partial charge in [0.25, 0.3) is 9.05 Å². The summed E-state index contributed by atoms with van der Waals surface area (Å²) in [6, 6.07) is 54.3. The van der Waals surface area contributed by atoms with Crippen molar-refractivity contribution in [3.63, 3.8) is 0 Å². The summed E-state index contributed by atoms with van der Waals surface area (Å²) in [7, 11) is -1.46. The number of hydrogen-bond donors (Lipinski definition) is 4. The number of pyridine rings is 3. The number of aromatic nitrogens is 3. The fourth-order valence-electron chi connectivity index (χ4n) is 11.6. The minimum absolute atomic E-state index is 0.0267. The van der Waals surface area contributed by atoms with E-state index in [9.17, 15) is 39.6 Å². The topological polar surface area (TPSA) is 266 Å². The molecule has 3 aliphatic rings. The van der Waals surface area contributed by atoms with Crippen LogP contribution in [-0.2, 0) is 43.5 Å². The molecule has 24 nitrogen and oxygen atoms in total. The van der Waals surface area contributed by atoms with E-state index >= 15 is 0 Å². The van der Waals surface area contributed by atoms with Crippen molar-refractivity contribution in [2.24, 2.45) is 0 Å². The Morgan fingerprint density at radius 1 is 0.358 bits per heavy atom. The summed E-state index contributed by atoms with van der Waals surface area (Å²) in [5, 5.41) is 12.0. The molecule has 6 heterocycles. The Morgan fingerprint density at radius 2 is 0.594 bits per heavy atom. The second-order valence-electron chi connectivity index (χ2n) is 24.6. The van der Waals surface area contributed by atoms with E-state index in [-0.39, 0.29) is 73.4 Å². The molecule has 3 aromatic heterocycles. The zero-order chi connectivity index (χ0) is 75.6. The Hall–Kier alpha value is -9.13. The van der Waals surface area contributed by atoms with Crippen molar-refractivity contribution in [1.82, 2.24) is 28.9 Å². The summed E-state index contributed by atoms with van der Waals surface area (Å²) >= 11 is 17.6. The van der Waals surface area contributed by atoms with Gasteiger partial charge in [0.15, 0.2) is 0 Å². The molecule has 0 saturated carbocycles. The number of nitrogens with zero attached hydrogens (tertiary/aromatic N) is 11. The predicted octanol–water partition coefficient (Wildman–Crippen LogP) is 11.6. The molecule has 560 valence electrons. The molecule has 3 fully saturated rings. The molecule has 0 bridgehead atoms. The number of halogens is 4. The van der Waals surface area contributed by atoms with Gasteiger partial charge in [0, 0.05) is 231 Å². The van der Waals surface area contributed by atoms with E-state index in [0.29, 0.717) is 24.3 Å². The molecule has 31 heteroatoms. The van der Waals surface area contributed by atoms with Crippen LogP contribution in [0.15, 0.2) is 234 Å². The van der Waals surface area contributed by atoms with E-state index in [0.717, 1.165) is 104 Å². The first kappa shape index (κ1) is 81.0. The van der Waals surface area contributed by atoms with Crippen molar-refractivity contribution < 1.29 is 39.6 Å². The quantitative estimate of drug-likeness (QED) is 0.0434. The number of amides is 3. The van der Waals surface area contributed by atoms with E-state index in [1.54, 1.807) is 36.4 Å². The van der Waals surface area contributed by atoms with Crippen molar-refractivity contribution >= 4 is 143 Å². The SMILES string of the molecule is CN(CCC(=O)Nc1ccc(N2CCN(c3ccncc3)CC2)cc1)S(=O)(=O)c1ccccc1Cl.CN(CCC(=O)Nc1ccc(N2CCN(c3ccncc3)CC2)cc1)S(=O)(=O)c1ccccc1Cl.CNCCC(=O)Nc1ccc(N2CCN(c3ccncc3)CC2)cc1.O=S(=O)(Cl)c1ccccc1Cl. The number of piperazine rings is 3. The lowest BCUT2D eigenvalue weighted by atomic mass is 10.2. The summed E-state index contributed by atoms with van der Waals surface area (Å²) in [4.78, 5) is 62.9. The number of hydrogen-bond acceptors (Lipinski definition) is 19. The van der Waals surface area contributed by atoms with Crippen LogP contribution in [0.4, 0.5) is 51.2 Å². The molecular weight excluding hydrogens is 1490 g/mol. The molecular formula is C75H85Cl4N15O9S3. The highest BCUT2D eigenvalue weighted by molar-refractivity contribution is 8.13. The van der Waals surface area contributed by atoms with Gasteiger partial charge < -0.3 is 50.7 Å². The van der Waals surface area contributed by atoms with Crippen molar-refractivity contribution in [3.05, 3.63) is 234 Å². The number of sulfonamides is 2. The van der Waals surface area contributed by atoms with Gasteiger partial charge in [-0.25, -0.2) is 33.9 Å². The van der Waals surface area contributed by atoms with Crippen LogP contribution in [-0.4, -0.2) is 186 Å². The molecule has 0 aliphatic carbocycles. The first-order chi connectivity index (χ1) is 51.0. The highest BCUT2D eigenvalue weighted by Crippen LogP contribution is 2.29. The van der Waals surface area contributed by atoms with Gasteiger partial charge in [-0.15, -0.1) is 0 Å². The van der Waals surface area contributed by atoms with Crippen molar-refractivity contribution in [1.29, 1.82) is 0 Å². The highest BCUT2D eigenvalue weighted by atomic mass is 35.7. The minimum Gasteiger partial charge on any atom is -0.368 e. The summed E-state index contributed by atoms with van der Waals surface area (Å²) in [5.74, 6) is -0.483. The third kappa shape index (κ3) is 23.7. The number of carbonyl (C=O) groups is 3. The van der Waals surface area contributed by atoms with E-state index in [2.05, 4.69) is 89.9 Å². The Balaban J connectivity index is 0.000000173. The standard InChI is InChI=1S/2C25H28ClN5O3S.C19H25N5O.C6H4Cl2O2S/c2*1-29(35(33,34)24-5-3-2-4-23(24)26)15-12-25(32)28-20-6-8-21(9-7-20)30-16-18-31(19-17-30)22-10-13-27-14-11-22;1-20-9-8-19(25)22-16-2-4-17(5-3-16)23-12-14-24(15-13-23)18-6-10-21-11-7-18;7-5-3-1-2-4-6(5)11(8,9)10/h2*2-11,13-14H,12,15-19H2,1H3,(H,28,32);2-7,10-11,20H,8-9,12-15H2,1H3,(H,22,25);1-4H. The molecule has 0 unspecified atom stereocenters. The first-order valence-corrected chi connectivity index (χ1v) is 40.4. The lowest BCUT2D eigenvalue weighted by Gasteiger charge is -2.37. The maximum absolute atomic E-state index is 12.7. The maximum atomic E-state index is 12.7. The summed E-state index contributed by atoms with van der Waals surface area (Å²) in [5.41, 5.74) is 9.19. The van der Waals surface area contributed by atoms with Crippen LogP contribution >= 0.6 is 45.5 Å². The second-order valence-corrected chi connectivity index (χ2v) is 32.3. The summed E-state index contributed by atoms with van der Waals surface area (Å²) < 4.78 is 74.6. The molecule has 3 amide bonds. The van der Waals surface area contributed by atoms with E-state index in [1.807, 2.05) is 129 Å². The van der Waals surface area contributed by atoms with Crippen molar-refractivity contribution in [2.75, 3.05) is 165 Å². The molecule has 9 aromatic rings. The van der Waals surface area contributed by atoms with Crippen LogP contribution < -0.4 is 50.7 Å². The lowest BCUT2D eigenvalue weighted by Crippen LogP contribution is -2.46. The summed E-state index contributed by atoms with van der Waals surface area (Å²) in [6.07, 6.45) is 11.5. The third-order valence-corrected chi connectivity index (χ3v) is 24.1. The Labute approximate surface area is 640 Å². The van der Waals surface area contributed by atoms with Gasteiger partial charge in [-0.05, 0) is 153 Å². The van der Waals surface area contributed by atoms with E-state index in [1.165, 1.54) is 73.2 Å². The third-order valence-electron chi connectivity index (χ3n) is 17.5. The number of nitrogens with one attached hydrogen (secondary N) is 4. The molecule has 12 rings (SSSR count). The van der Waals surface area contributed by atoms with Crippen molar-refractivity contribution in [3.8, 4) is 0 Å². The zero-order valence-corrected chi connectivity index (χ0v) is 64.3. The van der Waals surface area contributed by atoms with Crippen LogP contribution in [0.3, 0.4) is 0 Å². The molecule has 3 saturated heterocycles. The molecule has 6 aromatic carbocycles. The van der Waals surface area contributed by atoms with Gasteiger partial charge in [0.2, 0.25) is 37.8 Å². The van der Waals surface area contributed by atoms with Gasteiger partial charge in [-0.2, -0.15) is 0 Å². The van der Waals surface area contributed by atoms with Crippen LogP contribution in [0, 0.1) is 0 Å². The Kier molecular flexibility index (Phi) is 30.1. The van der Waals surface area contributed by atoms with Gasteiger partial charge in [-0.1, -0.05) is 71.2 Å². The maximum Gasteiger partial charge on any atom is 0.262 e. The van der Waals surface area contributed by atoms with E-state index in [4.69, 9.17) is 45.5 Å².